The third-order valence-corrected chi connectivity index (χ3v) is 4.09. The Labute approximate surface area is 238 Å². The molecule has 0 spiro atoms. The van der Waals surface area contributed by atoms with Gasteiger partial charge in [-0.1, -0.05) is 64.7 Å². The van der Waals surface area contributed by atoms with Crippen LogP contribution >= 0.6 is 0 Å². The van der Waals surface area contributed by atoms with Crippen LogP contribution in [0.2, 0.25) is 0 Å². The number of hydrogen-bond acceptors (Lipinski definition) is 5. The fraction of sp³-hybridized carbons (Fsp3) is 0.889. The van der Waals surface area contributed by atoms with Gasteiger partial charge >= 0.3 is 103 Å². The molecule has 25 heavy (non-hydrogen) atoms. The van der Waals surface area contributed by atoms with Crippen molar-refractivity contribution in [2.75, 3.05) is 19.6 Å². The molecule has 0 saturated heterocycles. The van der Waals surface area contributed by atoms with E-state index >= 15 is 0 Å². The standard InChI is InChI=1S/C18H35NO4.2K/c1-2-3-4-5-6-7-8-9-10-11-14-19(15-12-17(20)21)16-13-18(22)23;;/h2-16H2,1H3,(H,20,21)(H,22,23);;/q;2*+1/p-2. The minimum absolute atomic E-state index is 0. The van der Waals surface area contributed by atoms with E-state index in [0.717, 1.165) is 19.4 Å². The fourth-order valence-corrected chi connectivity index (χ4v) is 2.66. The zero-order valence-corrected chi connectivity index (χ0v) is 22.9. The second-order valence-electron chi connectivity index (χ2n) is 6.27. The smallest absolute Gasteiger partial charge is 0.550 e. The maximum Gasteiger partial charge on any atom is 1.00 e. The molecular weight excluding hydrogens is 372 g/mol. The number of carboxylic acid groups (broad SMARTS) is 2. The van der Waals surface area contributed by atoms with Gasteiger partial charge in [0.05, 0.1) is 0 Å². The number of carbonyl (C=O) groups is 2. The summed E-state index contributed by atoms with van der Waals surface area (Å²) < 4.78 is 0. The first-order chi connectivity index (χ1) is 11.1. The van der Waals surface area contributed by atoms with E-state index in [4.69, 9.17) is 0 Å². The van der Waals surface area contributed by atoms with Crippen LogP contribution in [0, 0.1) is 0 Å². The molecule has 0 unspecified atom stereocenters. The number of carbonyl (C=O) groups excluding carboxylic acids is 2. The minimum atomic E-state index is -1.09. The van der Waals surface area contributed by atoms with Gasteiger partial charge < -0.3 is 24.7 Å². The van der Waals surface area contributed by atoms with Crippen molar-refractivity contribution in [3.05, 3.63) is 0 Å². The van der Waals surface area contributed by atoms with Crippen molar-refractivity contribution in [1.29, 1.82) is 0 Å². The molecule has 0 aromatic heterocycles. The van der Waals surface area contributed by atoms with Crippen molar-refractivity contribution >= 4 is 11.9 Å². The summed E-state index contributed by atoms with van der Waals surface area (Å²) >= 11 is 0. The number of unbranched alkanes of at least 4 members (excludes halogenated alkanes) is 9. The maximum atomic E-state index is 10.5. The number of aliphatic carboxylic acids is 2. The monoisotopic (exact) mass is 405 g/mol. The Bertz CT molecular complexity index is 299. The molecule has 5 nitrogen and oxygen atoms in total. The molecule has 0 aliphatic heterocycles. The summed E-state index contributed by atoms with van der Waals surface area (Å²) in [5, 5.41) is 21.0. The molecule has 0 aromatic carbocycles. The molecule has 0 rings (SSSR count). The fourth-order valence-electron chi connectivity index (χ4n) is 2.66. The zero-order chi connectivity index (χ0) is 17.3. The van der Waals surface area contributed by atoms with Crippen molar-refractivity contribution in [3.8, 4) is 0 Å². The van der Waals surface area contributed by atoms with Crippen LogP contribution in [-0.4, -0.2) is 36.5 Å². The molecular formula is C18H33K2NO4. The molecule has 0 saturated carbocycles. The topological polar surface area (TPSA) is 83.5 Å². The Hall–Kier alpha value is 2.17. The quantitative estimate of drug-likeness (QED) is 0.180. The number of rotatable bonds is 17. The molecule has 0 aromatic rings. The average molecular weight is 406 g/mol. The second kappa shape index (κ2) is 24.2. The van der Waals surface area contributed by atoms with E-state index in [1.807, 2.05) is 4.90 Å². The third-order valence-electron chi connectivity index (χ3n) is 4.09. The van der Waals surface area contributed by atoms with E-state index in [1.165, 1.54) is 51.4 Å². The Morgan fingerprint density at radius 2 is 1.00 bits per heavy atom. The summed E-state index contributed by atoms with van der Waals surface area (Å²) in [7, 11) is 0. The van der Waals surface area contributed by atoms with Gasteiger partial charge in [0.15, 0.2) is 0 Å². The maximum absolute atomic E-state index is 10.5. The van der Waals surface area contributed by atoms with Crippen LogP contribution in [0.5, 0.6) is 0 Å². The van der Waals surface area contributed by atoms with E-state index in [2.05, 4.69) is 6.92 Å². The van der Waals surface area contributed by atoms with Gasteiger partial charge in [0, 0.05) is 25.0 Å². The largest absolute Gasteiger partial charge is 1.00 e. The zero-order valence-electron chi connectivity index (χ0n) is 16.7. The Morgan fingerprint density at radius 1 is 0.640 bits per heavy atom. The summed E-state index contributed by atoms with van der Waals surface area (Å²) in [5.41, 5.74) is 0. The molecule has 0 radical (unpaired) electrons. The first-order valence-electron chi connectivity index (χ1n) is 9.18. The van der Waals surface area contributed by atoms with Crippen molar-refractivity contribution in [2.45, 2.75) is 84.0 Å². The number of nitrogens with zero attached hydrogens (tertiary/aromatic N) is 1. The van der Waals surface area contributed by atoms with Crippen molar-refractivity contribution in [1.82, 2.24) is 4.90 Å². The van der Waals surface area contributed by atoms with Crippen LogP contribution in [0.4, 0.5) is 0 Å². The molecule has 0 N–H and O–H groups in total. The van der Waals surface area contributed by atoms with Gasteiger partial charge in [-0.15, -0.1) is 0 Å². The van der Waals surface area contributed by atoms with Gasteiger partial charge in [0.2, 0.25) is 0 Å². The molecule has 0 heterocycles. The van der Waals surface area contributed by atoms with Crippen LogP contribution in [0.1, 0.15) is 84.0 Å². The van der Waals surface area contributed by atoms with Crippen LogP contribution in [-0.2, 0) is 9.59 Å². The Morgan fingerprint density at radius 3 is 1.36 bits per heavy atom. The SMILES string of the molecule is CCCCCCCCCCCCN(CCC(=O)[O-])CCC(=O)[O-].[K+].[K+]. The summed E-state index contributed by atoms with van der Waals surface area (Å²) in [5.74, 6) is -2.18. The molecule has 0 amide bonds. The van der Waals surface area contributed by atoms with Gasteiger partial charge in [0.25, 0.3) is 0 Å². The molecule has 0 atom stereocenters. The molecule has 0 fully saturated rings. The van der Waals surface area contributed by atoms with Crippen LogP contribution in [0.25, 0.3) is 0 Å². The Balaban J connectivity index is -0.00000242. The number of carboxylic acids is 2. The summed E-state index contributed by atoms with van der Waals surface area (Å²) in [6, 6.07) is 0. The van der Waals surface area contributed by atoms with Gasteiger partial charge in [-0.3, -0.25) is 0 Å². The third kappa shape index (κ3) is 26.2. The van der Waals surface area contributed by atoms with Crippen molar-refractivity contribution in [3.63, 3.8) is 0 Å². The van der Waals surface area contributed by atoms with E-state index in [0.29, 0.717) is 13.1 Å². The van der Waals surface area contributed by atoms with Crippen molar-refractivity contribution in [2.24, 2.45) is 0 Å². The van der Waals surface area contributed by atoms with E-state index in [-0.39, 0.29) is 116 Å². The minimum Gasteiger partial charge on any atom is -0.550 e. The molecule has 136 valence electrons. The average Bonchev–Trinajstić information content (AvgIpc) is 2.50. The predicted molar refractivity (Wildman–Crippen MR) is 87.5 cm³/mol. The molecule has 0 bridgehead atoms. The first-order valence-corrected chi connectivity index (χ1v) is 9.18. The first kappa shape index (κ1) is 31.9. The van der Waals surface area contributed by atoms with Gasteiger partial charge in [-0.05, 0) is 25.8 Å². The van der Waals surface area contributed by atoms with E-state index in [1.54, 1.807) is 0 Å². The van der Waals surface area contributed by atoms with Crippen molar-refractivity contribution < 1.29 is 123 Å². The molecule has 0 aliphatic carbocycles. The van der Waals surface area contributed by atoms with Gasteiger partial charge in [-0.2, -0.15) is 0 Å². The van der Waals surface area contributed by atoms with E-state index < -0.39 is 11.9 Å². The van der Waals surface area contributed by atoms with Gasteiger partial charge in [0.1, 0.15) is 0 Å². The Kier molecular flexibility index (Phi) is 30.8. The van der Waals surface area contributed by atoms with Crippen LogP contribution < -0.4 is 113 Å². The summed E-state index contributed by atoms with van der Waals surface area (Å²) in [4.78, 5) is 22.9. The molecule has 7 heteroatoms. The summed E-state index contributed by atoms with van der Waals surface area (Å²) in [6.45, 7) is 3.68. The second-order valence-corrected chi connectivity index (χ2v) is 6.27. The van der Waals surface area contributed by atoms with Crippen LogP contribution in [0.15, 0.2) is 0 Å². The molecule has 0 aliphatic rings. The summed E-state index contributed by atoms with van der Waals surface area (Å²) in [6.07, 6.45) is 12.4. The van der Waals surface area contributed by atoms with Gasteiger partial charge in [-0.25, -0.2) is 0 Å². The van der Waals surface area contributed by atoms with Crippen LogP contribution in [0.3, 0.4) is 0 Å². The predicted octanol–water partition coefficient (Wildman–Crippen LogP) is -4.50. The number of hydrogen-bond donors (Lipinski definition) is 0. The van der Waals surface area contributed by atoms with E-state index in [9.17, 15) is 19.8 Å². The normalized spacial score (nSPS) is 10.2.